The monoisotopic (exact) mass is 436 g/mol. The molecule has 162 valence electrons. The summed E-state index contributed by atoms with van der Waals surface area (Å²) >= 11 is 5.30. The van der Waals surface area contributed by atoms with Crippen LogP contribution in [-0.4, -0.2) is 33.4 Å². The van der Waals surface area contributed by atoms with E-state index >= 15 is 0 Å². The number of para-hydroxylation sites is 1. The van der Waals surface area contributed by atoms with E-state index in [1.165, 1.54) is 42.5 Å². The maximum atomic E-state index is 12.7. The number of likely N-dealkylation sites (tertiary alicyclic amines) is 1. The molecular weight excluding hydrogens is 408 g/mol. The van der Waals surface area contributed by atoms with Crippen molar-refractivity contribution in [1.82, 2.24) is 19.8 Å². The van der Waals surface area contributed by atoms with Gasteiger partial charge in [-0.3, -0.25) is 19.1 Å². The van der Waals surface area contributed by atoms with Gasteiger partial charge in [-0.15, -0.1) is 0 Å². The quantitative estimate of drug-likeness (QED) is 0.554. The van der Waals surface area contributed by atoms with E-state index < -0.39 is 0 Å². The number of benzene rings is 2. The minimum Gasteiger partial charge on any atom is -0.352 e. The van der Waals surface area contributed by atoms with E-state index in [0.717, 1.165) is 12.1 Å². The SMILES string of the molecule is O=C(CCn1c(=S)[nH]c2ccccc2c1=O)NCc1ccc(CN2CCCCC2)cc1. The Morgan fingerprint density at radius 2 is 1.71 bits per heavy atom. The molecule has 0 unspecified atom stereocenters. The lowest BCUT2D eigenvalue weighted by molar-refractivity contribution is -0.121. The van der Waals surface area contributed by atoms with Crippen LogP contribution in [0.25, 0.3) is 10.9 Å². The zero-order valence-corrected chi connectivity index (χ0v) is 18.4. The molecule has 1 saturated heterocycles. The Morgan fingerprint density at radius 3 is 2.48 bits per heavy atom. The van der Waals surface area contributed by atoms with E-state index in [1.807, 2.05) is 18.2 Å². The average Bonchev–Trinajstić information content (AvgIpc) is 2.79. The fourth-order valence-electron chi connectivity index (χ4n) is 4.04. The van der Waals surface area contributed by atoms with Crippen molar-refractivity contribution < 1.29 is 4.79 Å². The zero-order chi connectivity index (χ0) is 21.6. The highest BCUT2D eigenvalue weighted by Gasteiger charge is 2.11. The summed E-state index contributed by atoms with van der Waals surface area (Å²) in [5, 5.41) is 3.51. The summed E-state index contributed by atoms with van der Waals surface area (Å²) in [6.45, 7) is 4.08. The summed E-state index contributed by atoms with van der Waals surface area (Å²) in [5.74, 6) is -0.105. The predicted molar refractivity (Wildman–Crippen MR) is 125 cm³/mol. The Balaban J connectivity index is 1.29. The number of carbonyl (C=O) groups is 1. The van der Waals surface area contributed by atoms with Crippen molar-refractivity contribution in [1.29, 1.82) is 0 Å². The maximum Gasteiger partial charge on any atom is 0.262 e. The van der Waals surface area contributed by atoms with Crippen LogP contribution in [0, 0.1) is 4.77 Å². The van der Waals surface area contributed by atoms with Crippen LogP contribution >= 0.6 is 12.2 Å². The van der Waals surface area contributed by atoms with Crippen LogP contribution in [-0.2, 0) is 24.4 Å². The number of hydrogen-bond donors (Lipinski definition) is 2. The maximum absolute atomic E-state index is 12.7. The minimum absolute atomic E-state index is 0.105. The first-order valence-corrected chi connectivity index (χ1v) is 11.3. The van der Waals surface area contributed by atoms with Gasteiger partial charge in [0.1, 0.15) is 0 Å². The van der Waals surface area contributed by atoms with Crippen molar-refractivity contribution in [2.24, 2.45) is 0 Å². The number of nitrogens with zero attached hydrogens (tertiary/aromatic N) is 2. The number of aromatic amines is 1. The van der Waals surface area contributed by atoms with Gasteiger partial charge in [0.2, 0.25) is 5.91 Å². The third kappa shape index (κ3) is 5.48. The molecule has 6 nitrogen and oxygen atoms in total. The molecule has 1 amide bonds. The molecule has 0 saturated carbocycles. The summed E-state index contributed by atoms with van der Waals surface area (Å²) in [5.41, 5.74) is 2.91. The van der Waals surface area contributed by atoms with Crippen molar-refractivity contribution in [2.75, 3.05) is 13.1 Å². The summed E-state index contributed by atoms with van der Waals surface area (Å²) < 4.78 is 1.79. The van der Waals surface area contributed by atoms with E-state index in [4.69, 9.17) is 12.2 Å². The zero-order valence-electron chi connectivity index (χ0n) is 17.6. The van der Waals surface area contributed by atoms with Crippen LogP contribution in [0.5, 0.6) is 0 Å². The van der Waals surface area contributed by atoms with Gasteiger partial charge in [-0.25, -0.2) is 0 Å². The van der Waals surface area contributed by atoms with Crippen LogP contribution in [0.2, 0.25) is 0 Å². The first kappa shape index (κ1) is 21.5. The molecule has 2 aromatic carbocycles. The topological polar surface area (TPSA) is 70.1 Å². The molecule has 4 rings (SSSR count). The smallest absolute Gasteiger partial charge is 0.262 e. The third-order valence-electron chi connectivity index (χ3n) is 5.82. The Morgan fingerprint density at radius 1 is 1.00 bits per heavy atom. The van der Waals surface area contributed by atoms with Crippen LogP contribution in [0.3, 0.4) is 0 Å². The predicted octanol–water partition coefficient (Wildman–Crippen LogP) is 3.75. The van der Waals surface area contributed by atoms with Crippen molar-refractivity contribution in [2.45, 2.75) is 45.3 Å². The Hall–Kier alpha value is -2.77. The van der Waals surface area contributed by atoms with Crippen LogP contribution in [0.1, 0.15) is 36.8 Å². The van der Waals surface area contributed by atoms with Gasteiger partial charge >= 0.3 is 0 Å². The number of amides is 1. The van der Waals surface area contributed by atoms with Crippen molar-refractivity contribution in [3.8, 4) is 0 Å². The molecule has 2 heterocycles. The summed E-state index contributed by atoms with van der Waals surface area (Å²) in [6.07, 6.45) is 4.13. The van der Waals surface area contributed by atoms with Gasteiger partial charge in [-0.05, 0) is 61.4 Å². The second kappa shape index (κ2) is 10.0. The summed E-state index contributed by atoms with van der Waals surface area (Å²) in [6, 6.07) is 15.7. The average molecular weight is 437 g/mol. The number of nitrogens with one attached hydrogen (secondary N) is 2. The van der Waals surface area contributed by atoms with Crippen molar-refractivity contribution in [3.63, 3.8) is 0 Å². The molecule has 0 spiro atoms. The Bertz CT molecular complexity index is 1160. The first-order valence-electron chi connectivity index (χ1n) is 10.9. The molecule has 3 aromatic rings. The highest BCUT2D eigenvalue weighted by atomic mass is 32.1. The van der Waals surface area contributed by atoms with Crippen molar-refractivity contribution >= 4 is 29.0 Å². The van der Waals surface area contributed by atoms with E-state index in [2.05, 4.69) is 39.5 Å². The number of fused-ring (bicyclic) bond motifs is 1. The largest absolute Gasteiger partial charge is 0.352 e. The lowest BCUT2D eigenvalue weighted by atomic mass is 10.1. The Labute approximate surface area is 186 Å². The van der Waals surface area contributed by atoms with Gasteiger partial charge in [0.05, 0.1) is 10.9 Å². The van der Waals surface area contributed by atoms with Gasteiger partial charge in [0.25, 0.3) is 5.56 Å². The molecule has 0 radical (unpaired) electrons. The lowest BCUT2D eigenvalue weighted by Crippen LogP contribution is -2.29. The van der Waals surface area contributed by atoms with E-state index in [1.54, 1.807) is 6.07 Å². The highest BCUT2D eigenvalue weighted by molar-refractivity contribution is 7.71. The van der Waals surface area contributed by atoms with E-state index in [9.17, 15) is 9.59 Å². The van der Waals surface area contributed by atoms with Gasteiger partial charge in [-0.1, -0.05) is 42.8 Å². The number of aromatic nitrogens is 2. The fourth-order valence-corrected chi connectivity index (χ4v) is 4.33. The fraction of sp³-hybridized carbons (Fsp3) is 0.375. The van der Waals surface area contributed by atoms with Crippen LogP contribution in [0.4, 0.5) is 0 Å². The van der Waals surface area contributed by atoms with Gasteiger partial charge < -0.3 is 10.3 Å². The first-order chi connectivity index (χ1) is 15.1. The minimum atomic E-state index is -0.170. The molecule has 1 fully saturated rings. The number of rotatable bonds is 7. The Kier molecular flexibility index (Phi) is 6.94. The number of carbonyl (C=O) groups excluding carboxylic acids is 1. The van der Waals surface area contributed by atoms with E-state index in [-0.39, 0.29) is 24.4 Å². The molecule has 0 aliphatic carbocycles. The van der Waals surface area contributed by atoms with Gasteiger partial charge in [0, 0.05) is 26.1 Å². The summed E-state index contributed by atoms with van der Waals surface area (Å²) in [4.78, 5) is 30.5. The third-order valence-corrected chi connectivity index (χ3v) is 6.14. The molecule has 0 atom stereocenters. The molecule has 0 bridgehead atoms. The molecular formula is C24H28N4O2S. The second-order valence-electron chi connectivity index (χ2n) is 8.11. The van der Waals surface area contributed by atoms with Crippen molar-refractivity contribution in [3.05, 3.63) is 74.8 Å². The van der Waals surface area contributed by atoms with Crippen LogP contribution in [0.15, 0.2) is 53.3 Å². The lowest BCUT2D eigenvalue weighted by Gasteiger charge is -2.26. The van der Waals surface area contributed by atoms with Gasteiger partial charge in [-0.2, -0.15) is 0 Å². The normalized spacial score (nSPS) is 14.6. The summed E-state index contributed by atoms with van der Waals surface area (Å²) in [7, 11) is 0. The number of hydrogen-bond acceptors (Lipinski definition) is 4. The number of piperidine rings is 1. The molecule has 1 aliphatic rings. The standard InChI is InChI=1S/C24H28N4O2S/c29-22(12-15-28-23(30)20-6-2-3-7-21(20)26-24(28)31)25-16-18-8-10-19(11-9-18)17-27-13-4-1-5-14-27/h2-3,6-11H,1,4-5,12-17H2,(H,25,29)(H,26,31). The molecule has 2 N–H and O–H groups in total. The van der Waals surface area contributed by atoms with Crippen LogP contribution < -0.4 is 10.9 Å². The molecule has 1 aromatic heterocycles. The highest BCUT2D eigenvalue weighted by Crippen LogP contribution is 2.13. The number of H-pyrrole nitrogens is 1. The second-order valence-corrected chi connectivity index (χ2v) is 8.50. The molecule has 1 aliphatic heterocycles. The molecule has 7 heteroatoms. The molecule has 31 heavy (non-hydrogen) atoms. The van der Waals surface area contributed by atoms with Gasteiger partial charge in [0.15, 0.2) is 4.77 Å². The van der Waals surface area contributed by atoms with E-state index in [0.29, 0.717) is 22.2 Å².